The molecule has 1 aromatic heterocycles. The van der Waals surface area contributed by atoms with Gasteiger partial charge in [-0.05, 0) is 6.92 Å². The van der Waals surface area contributed by atoms with E-state index in [1.165, 1.54) is 6.07 Å². The Morgan fingerprint density at radius 2 is 2.32 bits per heavy atom. The highest BCUT2D eigenvalue weighted by Gasteiger charge is 2.20. The van der Waals surface area contributed by atoms with Crippen molar-refractivity contribution in [2.75, 3.05) is 18.0 Å². The molecule has 7 nitrogen and oxygen atoms in total. The first-order valence-corrected chi connectivity index (χ1v) is 6.02. The summed E-state index contributed by atoms with van der Waals surface area (Å²) in [6, 6.07) is 1.21. The summed E-state index contributed by atoms with van der Waals surface area (Å²) in [5.74, 6) is -1.16. The third-order valence-corrected chi connectivity index (χ3v) is 2.89. The molecule has 0 bridgehead atoms. The van der Waals surface area contributed by atoms with Gasteiger partial charge in [0, 0.05) is 19.2 Å². The lowest BCUT2D eigenvalue weighted by molar-refractivity contribution is -0.385. The Labute approximate surface area is 115 Å². The molecule has 1 heterocycles. The van der Waals surface area contributed by atoms with Crippen molar-refractivity contribution >= 4 is 29.1 Å². The normalized spacial score (nSPS) is 11.9. The van der Waals surface area contributed by atoms with Gasteiger partial charge < -0.3 is 10.0 Å². The van der Waals surface area contributed by atoms with Crippen LogP contribution in [0, 0.1) is 16.0 Å². The molecule has 104 valence electrons. The maximum absolute atomic E-state index is 10.8. The summed E-state index contributed by atoms with van der Waals surface area (Å²) < 4.78 is 0. The summed E-state index contributed by atoms with van der Waals surface area (Å²) >= 11 is 5.95. The largest absolute Gasteiger partial charge is 0.481 e. The molecule has 0 aliphatic rings. The van der Waals surface area contributed by atoms with E-state index in [4.69, 9.17) is 16.7 Å². The lowest BCUT2D eigenvalue weighted by atomic mass is 10.1. The second-order valence-corrected chi connectivity index (χ2v) is 4.44. The number of nitrogens with zero attached hydrogens (tertiary/aromatic N) is 3. The molecular formula is C11H14ClN3O4. The fourth-order valence-corrected chi connectivity index (χ4v) is 1.81. The Morgan fingerprint density at radius 3 is 2.74 bits per heavy atom. The van der Waals surface area contributed by atoms with Crippen LogP contribution in [0.25, 0.3) is 0 Å². The monoisotopic (exact) mass is 287 g/mol. The summed E-state index contributed by atoms with van der Waals surface area (Å²) in [7, 11) is 0. The number of aromatic nitrogens is 1. The Balaban J connectivity index is 2.99. The van der Waals surface area contributed by atoms with E-state index >= 15 is 0 Å². The van der Waals surface area contributed by atoms with E-state index in [-0.39, 0.29) is 17.3 Å². The SMILES string of the molecule is CCN(CC(C)C(=O)O)c1ncc([N+](=O)[O-])cc1Cl. The minimum absolute atomic E-state index is 0.133. The van der Waals surface area contributed by atoms with Gasteiger partial charge in [0.25, 0.3) is 5.69 Å². The maximum atomic E-state index is 10.8. The van der Waals surface area contributed by atoms with Gasteiger partial charge in [0.2, 0.25) is 0 Å². The molecule has 1 rings (SSSR count). The molecule has 0 aliphatic heterocycles. The van der Waals surface area contributed by atoms with Crippen LogP contribution in [0.4, 0.5) is 11.5 Å². The van der Waals surface area contributed by atoms with E-state index in [0.717, 1.165) is 6.20 Å². The molecule has 1 aromatic rings. The molecule has 0 fully saturated rings. The quantitative estimate of drug-likeness (QED) is 0.636. The van der Waals surface area contributed by atoms with E-state index in [0.29, 0.717) is 12.4 Å². The number of pyridine rings is 1. The summed E-state index contributed by atoms with van der Waals surface area (Å²) in [5, 5.41) is 19.6. The molecular weight excluding hydrogens is 274 g/mol. The molecule has 8 heteroatoms. The smallest absolute Gasteiger partial charge is 0.308 e. The Morgan fingerprint density at radius 1 is 1.68 bits per heavy atom. The van der Waals surface area contributed by atoms with Crippen LogP contribution >= 0.6 is 11.6 Å². The maximum Gasteiger partial charge on any atom is 0.308 e. The molecule has 19 heavy (non-hydrogen) atoms. The Bertz CT molecular complexity index is 495. The van der Waals surface area contributed by atoms with E-state index < -0.39 is 16.8 Å². The van der Waals surface area contributed by atoms with Crippen LogP contribution in [0.5, 0.6) is 0 Å². The Hall–Kier alpha value is -1.89. The summed E-state index contributed by atoms with van der Waals surface area (Å²) in [5.41, 5.74) is -0.198. The molecule has 1 atom stereocenters. The molecule has 0 amide bonds. The standard InChI is InChI=1S/C11H14ClN3O4/c1-3-14(6-7(2)11(16)17)10-9(12)4-8(5-13-10)15(18)19/h4-5,7H,3,6H2,1-2H3,(H,16,17). The number of rotatable bonds is 6. The molecule has 0 spiro atoms. The number of halogens is 1. The Kier molecular flexibility index (Phi) is 5.05. The number of nitro groups is 1. The van der Waals surface area contributed by atoms with Crippen molar-refractivity contribution in [3.63, 3.8) is 0 Å². The number of anilines is 1. The first-order valence-electron chi connectivity index (χ1n) is 5.64. The highest BCUT2D eigenvalue weighted by molar-refractivity contribution is 6.33. The average Bonchev–Trinajstić information content (AvgIpc) is 2.35. The van der Waals surface area contributed by atoms with E-state index in [2.05, 4.69) is 4.98 Å². The summed E-state index contributed by atoms with van der Waals surface area (Å²) in [4.78, 5) is 26.5. The van der Waals surface area contributed by atoms with Crippen molar-refractivity contribution < 1.29 is 14.8 Å². The predicted octanol–water partition coefficient (Wildman–Crippen LogP) is 2.19. The molecule has 0 saturated carbocycles. The molecule has 1 N–H and O–H groups in total. The van der Waals surface area contributed by atoms with Gasteiger partial charge in [-0.2, -0.15) is 0 Å². The average molecular weight is 288 g/mol. The van der Waals surface area contributed by atoms with Crippen LogP contribution in [-0.4, -0.2) is 34.1 Å². The van der Waals surface area contributed by atoms with Crippen LogP contribution in [0.2, 0.25) is 5.02 Å². The summed E-state index contributed by atoms with van der Waals surface area (Å²) in [6.45, 7) is 4.14. The fourth-order valence-electron chi connectivity index (χ4n) is 1.53. The van der Waals surface area contributed by atoms with Crippen molar-refractivity contribution in [2.24, 2.45) is 5.92 Å². The lowest BCUT2D eigenvalue weighted by Crippen LogP contribution is -2.32. The van der Waals surface area contributed by atoms with Gasteiger partial charge in [0.15, 0.2) is 0 Å². The minimum atomic E-state index is -0.920. The fraction of sp³-hybridized carbons (Fsp3) is 0.455. The van der Waals surface area contributed by atoms with Gasteiger partial charge in [0.05, 0.1) is 15.9 Å². The first-order chi connectivity index (χ1) is 8.86. The summed E-state index contributed by atoms with van der Waals surface area (Å²) in [6.07, 6.45) is 1.11. The van der Waals surface area contributed by atoms with Crippen LogP contribution in [0.3, 0.4) is 0 Å². The zero-order valence-corrected chi connectivity index (χ0v) is 11.3. The number of carboxylic acids is 1. The number of carboxylic acid groups (broad SMARTS) is 1. The van der Waals surface area contributed by atoms with Gasteiger partial charge >= 0.3 is 5.97 Å². The van der Waals surface area contributed by atoms with Crippen LogP contribution in [0.1, 0.15) is 13.8 Å². The highest BCUT2D eigenvalue weighted by Crippen LogP contribution is 2.27. The number of aliphatic carboxylic acids is 1. The second-order valence-electron chi connectivity index (χ2n) is 4.03. The minimum Gasteiger partial charge on any atom is -0.481 e. The van der Waals surface area contributed by atoms with Gasteiger partial charge in [0.1, 0.15) is 12.0 Å². The van der Waals surface area contributed by atoms with Gasteiger partial charge in [-0.25, -0.2) is 4.98 Å². The zero-order valence-electron chi connectivity index (χ0n) is 10.5. The van der Waals surface area contributed by atoms with Crippen LogP contribution in [0.15, 0.2) is 12.3 Å². The van der Waals surface area contributed by atoms with Crippen molar-refractivity contribution in [3.05, 3.63) is 27.4 Å². The molecule has 0 aliphatic carbocycles. The number of carbonyl (C=O) groups is 1. The van der Waals surface area contributed by atoms with Crippen molar-refractivity contribution in [3.8, 4) is 0 Å². The number of hydrogen-bond acceptors (Lipinski definition) is 5. The molecule has 0 aromatic carbocycles. The van der Waals surface area contributed by atoms with Crippen molar-refractivity contribution in [1.82, 2.24) is 4.98 Å². The third kappa shape index (κ3) is 3.78. The van der Waals surface area contributed by atoms with Gasteiger partial charge in [-0.1, -0.05) is 18.5 Å². The van der Waals surface area contributed by atoms with Crippen molar-refractivity contribution in [2.45, 2.75) is 13.8 Å². The van der Waals surface area contributed by atoms with E-state index in [1.54, 1.807) is 11.8 Å². The first kappa shape index (κ1) is 15.2. The zero-order chi connectivity index (χ0) is 14.6. The highest BCUT2D eigenvalue weighted by atomic mass is 35.5. The van der Waals surface area contributed by atoms with Crippen LogP contribution in [-0.2, 0) is 4.79 Å². The molecule has 1 unspecified atom stereocenters. The van der Waals surface area contributed by atoms with Crippen LogP contribution < -0.4 is 4.90 Å². The molecule has 0 radical (unpaired) electrons. The lowest BCUT2D eigenvalue weighted by Gasteiger charge is -2.24. The predicted molar refractivity (Wildman–Crippen MR) is 70.6 cm³/mol. The molecule has 0 saturated heterocycles. The van der Waals surface area contributed by atoms with E-state index in [9.17, 15) is 14.9 Å². The van der Waals surface area contributed by atoms with E-state index in [1.807, 2.05) is 6.92 Å². The topological polar surface area (TPSA) is 96.6 Å². The number of hydrogen-bond donors (Lipinski definition) is 1. The van der Waals surface area contributed by atoms with Gasteiger partial charge in [-0.3, -0.25) is 14.9 Å². The third-order valence-electron chi connectivity index (χ3n) is 2.62. The van der Waals surface area contributed by atoms with Gasteiger partial charge in [-0.15, -0.1) is 0 Å². The second kappa shape index (κ2) is 6.33. The van der Waals surface area contributed by atoms with Crippen molar-refractivity contribution in [1.29, 1.82) is 0 Å².